The van der Waals surface area contributed by atoms with Crippen molar-refractivity contribution < 1.29 is 0 Å². The van der Waals surface area contributed by atoms with Crippen LogP contribution < -0.4 is 0 Å². The standard InChI is InChI=1S/C50H30S/c1-3-12-34-27-38(19-17-31(34)9-1)48-41-15-7-8-16-42(41)49(39-20-18-32-10-2-4-13-35(32)28-39)44-29-36(21-24-43(44)48)37-23-25-46-45(30-37)50-40-14-6-5-11-33(40)22-26-47(50)51-46/h1-30H. The van der Waals surface area contributed by atoms with Crippen molar-refractivity contribution in [3.63, 3.8) is 0 Å². The van der Waals surface area contributed by atoms with Crippen LogP contribution in [0.25, 0.3) is 107 Å². The lowest BCUT2D eigenvalue weighted by molar-refractivity contribution is 1.66. The van der Waals surface area contributed by atoms with E-state index in [1.807, 2.05) is 11.3 Å². The molecule has 1 heteroatoms. The van der Waals surface area contributed by atoms with Crippen molar-refractivity contribution in [1.29, 1.82) is 0 Å². The Balaban J connectivity index is 1.22. The number of benzene rings is 10. The number of rotatable bonds is 3. The van der Waals surface area contributed by atoms with Gasteiger partial charge in [-0.1, -0.05) is 146 Å². The third-order valence-corrected chi connectivity index (χ3v) is 11.9. The molecule has 0 saturated carbocycles. The van der Waals surface area contributed by atoms with Crippen molar-refractivity contribution in [1.82, 2.24) is 0 Å². The van der Waals surface area contributed by atoms with Gasteiger partial charge < -0.3 is 0 Å². The van der Waals surface area contributed by atoms with Crippen LogP contribution in [0.3, 0.4) is 0 Å². The molecule has 1 aromatic heterocycles. The topological polar surface area (TPSA) is 0 Å². The van der Waals surface area contributed by atoms with Gasteiger partial charge in [0, 0.05) is 20.2 Å². The van der Waals surface area contributed by atoms with Crippen LogP contribution in [-0.4, -0.2) is 0 Å². The lowest BCUT2D eigenvalue weighted by atomic mass is 9.84. The normalized spacial score (nSPS) is 11.9. The highest BCUT2D eigenvalue weighted by molar-refractivity contribution is 7.26. The van der Waals surface area contributed by atoms with Gasteiger partial charge in [0.15, 0.2) is 0 Å². The number of thiophene rings is 1. The zero-order chi connectivity index (χ0) is 33.5. The third-order valence-electron chi connectivity index (χ3n) is 10.8. The van der Waals surface area contributed by atoms with Gasteiger partial charge in [-0.3, -0.25) is 0 Å². The van der Waals surface area contributed by atoms with E-state index < -0.39 is 0 Å². The molecule has 0 saturated heterocycles. The molecule has 0 unspecified atom stereocenters. The van der Waals surface area contributed by atoms with E-state index in [1.54, 1.807) is 0 Å². The SMILES string of the molecule is c1ccc2cc(-c3c4ccccc4c(-c4ccc5ccccc5c4)c4cc(-c5ccc6sc7ccc8ccccc8c7c6c5)ccc34)ccc2c1. The molecule has 236 valence electrons. The van der Waals surface area contributed by atoms with Crippen LogP contribution >= 0.6 is 11.3 Å². The summed E-state index contributed by atoms with van der Waals surface area (Å²) < 4.78 is 2.66. The Kier molecular flexibility index (Phi) is 6.22. The summed E-state index contributed by atoms with van der Waals surface area (Å²) in [6, 6.07) is 67.7. The molecule has 0 N–H and O–H groups in total. The van der Waals surface area contributed by atoms with Gasteiger partial charge in [0.25, 0.3) is 0 Å². The minimum Gasteiger partial charge on any atom is -0.135 e. The van der Waals surface area contributed by atoms with Crippen molar-refractivity contribution in [2.75, 3.05) is 0 Å². The zero-order valence-electron chi connectivity index (χ0n) is 27.7. The lowest BCUT2D eigenvalue weighted by Crippen LogP contribution is -1.92. The molecular weight excluding hydrogens is 633 g/mol. The maximum absolute atomic E-state index is 2.45. The fourth-order valence-electron chi connectivity index (χ4n) is 8.40. The van der Waals surface area contributed by atoms with Crippen LogP contribution in [-0.2, 0) is 0 Å². The molecule has 0 fully saturated rings. The van der Waals surface area contributed by atoms with Crippen molar-refractivity contribution in [3.05, 3.63) is 182 Å². The molecule has 0 atom stereocenters. The van der Waals surface area contributed by atoms with E-state index in [2.05, 4.69) is 182 Å². The van der Waals surface area contributed by atoms with Crippen molar-refractivity contribution in [2.45, 2.75) is 0 Å². The first kappa shape index (κ1) is 28.5. The highest BCUT2D eigenvalue weighted by Gasteiger charge is 2.19. The smallest absolute Gasteiger partial charge is 0.0361 e. The highest BCUT2D eigenvalue weighted by Crippen LogP contribution is 2.46. The van der Waals surface area contributed by atoms with Crippen LogP contribution in [0.15, 0.2) is 182 Å². The summed E-state index contributed by atoms with van der Waals surface area (Å²) in [6.07, 6.45) is 0. The van der Waals surface area contributed by atoms with E-state index >= 15 is 0 Å². The predicted octanol–water partition coefficient (Wildman–Crippen LogP) is 14.8. The average Bonchev–Trinajstić information content (AvgIpc) is 3.58. The molecule has 0 amide bonds. The summed E-state index contributed by atoms with van der Waals surface area (Å²) >= 11 is 1.89. The Bertz CT molecular complexity index is 3200. The maximum atomic E-state index is 2.45. The van der Waals surface area contributed by atoms with Crippen molar-refractivity contribution >= 4 is 85.4 Å². The summed E-state index contributed by atoms with van der Waals surface area (Å²) in [5.74, 6) is 0. The highest BCUT2D eigenvalue weighted by atomic mass is 32.1. The van der Waals surface area contributed by atoms with Gasteiger partial charge in [-0.15, -0.1) is 11.3 Å². The van der Waals surface area contributed by atoms with E-state index in [0.29, 0.717) is 0 Å². The molecule has 0 aliphatic carbocycles. The molecule has 0 bridgehead atoms. The summed E-state index contributed by atoms with van der Waals surface area (Å²) in [5, 5.41) is 15.4. The summed E-state index contributed by atoms with van der Waals surface area (Å²) in [5.41, 5.74) is 7.51. The van der Waals surface area contributed by atoms with E-state index in [4.69, 9.17) is 0 Å². The van der Waals surface area contributed by atoms with Gasteiger partial charge in [0.2, 0.25) is 0 Å². The average molecular weight is 663 g/mol. The minimum absolute atomic E-state index is 1.23. The molecule has 0 aliphatic heterocycles. The first-order valence-corrected chi connectivity index (χ1v) is 18.4. The molecule has 0 radical (unpaired) electrons. The Hall–Kier alpha value is -6.28. The van der Waals surface area contributed by atoms with Crippen molar-refractivity contribution in [3.8, 4) is 33.4 Å². The Morgan fingerprint density at radius 2 is 0.706 bits per heavy atom. The maximum Gasteiger partial charge on any atom is 0.0361 e. The Morgan fingerprint density at radius 3 is 1.37 bits per heavy atom. The first-order valence-electron chi connectivity index (χ1n) is 17.6. The number of hydrogen-bond donors (Lipinski definition) is 0. The summed E-state index contributed by atoms with van der Waals surface area (Å²) in [4.78, 5) is 0. The second kappa shape index (κ2) is 11.1. The van der Waals surface area contributed by atoms with E-state index in [-0.39, 0.29) is 0 Å². The fourth-order valence-corrected chi connectivity index (χ4v) is 9.50. The second-order valence-electron chi connectivity index (χ2n) is 13.7. The van der Waals surface area contributed by atoms with Gasteiger partial charge in [-0.2, -0.15) is 0 Å². The molecule has 11 rings (SSSR count). The third kappa shape index (κ3) is 4.45. The molecular formula is C50H30S. The van der Waals surface area contributed by atoms with Crippen LogP contribution in [0, 0.1) is 0 Å². The van der Waals surface area contributed by atoms with Crippen LogP contribution in [0.2, 0.25) is 0 Å². The molecule has 11 aromatic rings. The molecule has 1 heterocycles. The monoisotopic (exact) mass is 662 g/mol. The quantitative estimate of drug-likeness (QED) is 0.165. The number of fused-ring (bicyclic) bond motifs is 9. The van der Waals surface area contributed by atoms with Crippen LogP contribution in [0.5, 0.6) is 0 Å². The Labute approximate surface area is 299 Å². The predicted molar refractivity (Wildman–Crippen MR) is 223 cm³/mol. The van der Waals surface area contributed by atoms with Gasteiger partial charge in [-0.05, 0) is 124 Å². The molecule has 10 aromatic carbocycles. The molecule has 0 aliphatic rings. The lowest BCUT2D eigenvalue weighted by Gasteiger charge is -2.19. The summed E-state index contributed by atoms with van der Waals surface area (Å²) in [7, 11) is 0. The van der Waals surface area contributed by atoms with Gasteiger partial charge >= 0.3 is 0 Å². The number of hydrogen-bond acceptors (Lipinski definition) is 1. The zero-order valence-corrected chi connectivity index (χ0v) is 28.5. The van der Waals surface area contributed by atoms with E-state index in [0.717, 1.165) is 0 Å². The van der Waals surface area contributed by atoms with Gasteiger partial charge in [0.1, 0.15) is 0 Å². The minimum atomic E-state index is 1.23. The van der Waals surface area contributed by atoms with Gasteiger partial charge in [-0.25, -0.2) is 0 Å². The molecule has 0 spiro atoms. The van der Waals surface area contributed by atoms with Crippen molar-refractivity contribution in [2.24, 2.45) is 0 Å². The second-order valence-corrected chi connectivity index (χ2v) is 14.7. The Morgan fingerprint density at radius 1 is 0.255 bits per heavy atom. The van der Waals surface area contributed by atoms with Gasteiger partial charge in [0.05, 0.1) is 0 Å². The van der Waals surface area contributed by atoms with E-state index in [9.17, 15) is 0 Å². The molecule has 51 heavy (non-hydrogen) atoms. The largest absolute Gasteiger partial charge is 0.135 e. The summed E-state index contributed by atoms with van der Waals surface area (Å²) in [6.45, 7) is 0. The van der Waals surface area contributed by atoms with E-state index in [1.165, 1.54) is 107 Å². The molecule has 0 nitrogen and oxygen atoms in total. The fraction of sp³-hybridized carbons (Fsp3) is 0. The van der Waals surface area contributed by atoms with Crippen LogP contribution in [0.1, 0.15) is 0 Å². The van der Waals surface area contributed by atoms with Crippen LogP contribution in [0.4, 0.5) is 0 Å². The first-order chi connectivity index (χ1) is 25.3.